The Bertz CT molecular complexity index is 824. The SMILES string of the molecule is O=C(Nc1ccc(C(F)(F)F)cc1)c1ccnc2nc[nH]c12. The number of H-pyrrole nitrogens is 1. The number of anilines is 1. The first-order valence-electron chi connectivity index (χ1n) is 6.22. The molecule has 22 heavy (non-hydrogen) atoms. The van der Waals surface area contributed by atoms with Crippen LogP contribution in [0.4, 0.5) is 18.9 Å². The third-order valence-corrected chi connectivity index (χ3v) is 3.04. The Labute approximate surface area is 122 Å². The minimum Gasteiger partial charge on any atom is -0.343 e. The Balaban J connectivity index is 1.84. The number of rotatable bonds is 2. The van der Waals surface area contributed by atoms with Gasteiger partial charge in [0.15, 0.2) is 5.65 Å². The zero-order valence-electron chi connectivity index (χ0n) is 11.0. The molecule has 0 aliphatic rings. The summed E-state index contributed by atoms with van der Waals surface area (Å²) in [6.07, 6.45) is -1.56. The highest BCUT2D eigenvalue weighted by molar-refractivity contribution is 6.10. The molecule has 3 aromatic rings. The normalized spacial score (nSPS) is 11.6. The number of pyridine rings is 1. The monoisotopic (exact) mass is 306 g/mol. The van der Waals surface area contributed by atoms with E-state index in [-0.39, 0.29) is 5.69 Å². The van der Waals surface area contributed by atoms with Gasteiger partial charge in [-0.25, -0.2) is 9.97 Å². The molecule has 112 valence electrons. The van der Waals surface area contributed by atoms with Crippen molar-refractivity contribution in [1.29, 1.82) is 0 Å². The van der Waals surface area contributed by atoms with E-state index in [9.17, 15) is 18.0 Å². The number of aromatic nitrogens is 3. The Morgan fingerprint density at radius 2 is 1.82 bits per heavy atom. The van der Waals surface area contributed by atoms with Crippen LogP contribution in [0.15, 0.2) is 42.9 Å². The fourth-order valence-electron chi connectivity index (χ4n) is 1.98. The van der Waals surface area contributed by atoms with Crippen LogP contribution in [0, 0.1) is 0 Å². The van der Waals surface area contributed by atoms with Gasteiger partial charge in [-0.2, -0.15) is 13.2 Å². The molecule has 0 unspecified atom stereocenters. The molecule has 8 heteroatoms. The van der Waals surface area contributed by atoms with Crippen molar-refractivity contribution < 1.29 is 18.0 Å². The van der Waals surface area contributed by atoms with Crippen LogP contribution in [0.25, 0.3) is 11.2 Å². The van der Waals surface area contributed by atoms with Crippen molar-refractivity contribution in [2.24, 2.45) is 0 Å². The van der Waals surface area contributed by atoms with Gasteiger partial charge >= 0.3 is 6.18 Å². The second-order valence-corrected chi connectivity index (χ2v) is 4.49. The summed E-state index contributed by atoms with van der Waals surface area (Å²) in [4.78, 5) is 22.9. The molecule has 1 amide bonds. The molecule has 2 heterocycles. The molecule has 0 fully saturated rings. The number of nitrogens with zero attached hydrogens (tertiary/aromatic N) is 2. The molecule has 1 aromatic carbocycles. The van der Waals surface area contributed by atoms with Gasteiger partial charge in [-0.1, -0.05) is 0 Å². The van der Waals surface area contributed by atoms with E-state index in [4.69, 9.17) is 0 Å². The van der Waals surface area contributed by atoms with Crippen molar-refractivity contribution in [3.8, 4) is 0 Å². The van der Waals surface area contributed by atoms with Gasteiger partial charge in [-0.15, -0.1) is 0 Å². The summed E-state index contributed by atoms with van der Waals surface area (Å²) in [6, 6.07) is 5.72. The van der Waals surface area contributed by atoms with Crippen molar-refractivity contribution in [3.63, 3.8) is 0 Å². The second kappa shape index (κ2) is 5.14. The maximum absolute atomic E-state index is 12.5. The predicted molar refractivity (Wildman–Crippen MR) is 73.3 cm³/mol. The molecule has 3 rings (SSSR count). The van der Waals surface area contributed by atoms with E-state index in [2.05, 4.69) is 20.3 Å². The average molecular weight is 306 g/mol. The topological polar surface area (TPSA) is 70.7 Å². The van der Waals surface area contributed by atoms with E-state index in [0.29, 0.717) is 16.7 Å². The number of fused-ring (bicyclic) bond motifs is 1. The van der Waals surface area contributed by atoms with E-state index < -0.39 is 17.6 Å². The second-order valence-electron chi connectivity index (χ2n) is 4.49. The van der Waals surface area contributed by atoms with Crippen molar-refractivity contribution in [2.75, 3.05) is 5.32 Å². The van der Waals surface area contributed by atoms with Crippen LogP contribution >= 0.6 is 0 Å². The lowest BCUT2D eigenvalue weighted by Gasteiger charge is -2.09. The van der Waals surface area contributed by atoms with Gasteiger partial charge in [0, 0.05) is 11.9 Å². The number of nitrogens with one attached hydrogen (secondary N) is 2. The first-order chi connectivity index (χ1) is 10.4. The summed E-state index contributed by atoms with van der Waals surface area (Å²) in [6.45, 7) is 0. The highest BCUT2D eigenvalue weighted by Gasteiger charge is 2.30. The van der Waals surface area contributed by atoms with E-state index >= 15 is 0 Å². The largest absolute Gasteiger partial charge is 0.416 e. The van der Waals surface area contributed by atoms with Gasteiger partial charge in [0.05, 0.1) is 23.0 Å². The molecule has 0 saturated heterocycles. The minimum atomic E-state index is -4.41. The lowest BCUT2D eigenvalue weighted by molar-refractivity contribution is -0.137. The molecular weight excluding hydrogens is 297 g/mol. The highest BCUT2D eigenvalue weighted by Crippen LogP contribution is 2.29. The summed E-state index contributed by atoms with van der Waals surface area (Å²) in [5.41, 5.74) is 0.655. The quantitative estimate of drug-likeness (QED) is 0.763. The zero-order valence-corrected chi connectivity index (χ0v) is 11.0. The number of carbonyl (C=O) groups is 1. The maximum Gasteiger partial charge on any atom is 0.416 e. The van der Waals surface area contributed by atoms with Crippen LogP contribution in [0.5, 0.6) is 0 Å². The van der Waals surface area contributed by atoms with E-state index in [0.717, 1.165) is 12.1 Å². The fourth-order valence-corrected chi connectivity index (χ4v) is 1.98. The predicted octanol–water partition coefficient (Wildman–Crippen LogP) is 3.23. The van der Waals surface area contributed by atoms with Crippen LogP contribution in [0.2, 0.25) is 0 Å². The molecule has 0 aliphatic heterocycles. The van der Waals surface area contributed by atoms with Gasteiger partial charge in [0.1, 0.15) is 0 Å². The van der Waals surface area contributed by atoms with Crippen molar-refractivity contribution in [1.82, 2.24) is 15.0 Å². The number of amides is 1. The number of hydrogen-bond acceptors (Lipinski definition) is 3. The third kappa shape index (κ3) is 2.62. The summed E-state index contributed by atoms with van der Waals surface area (Å²) in [7, 11) is 0. The minimum absolute atomic E-state index is 0.266. The van der Waals surface area contributed by atoms with E-state index in [1.165, 1.54) is 30.7 Å². The van der Waals surface area contributed by atoms with Crippen molar-refractivity contribution in [3.05, 3.63) is 54.0 Å². The number of aromatic amines is 1. The smallest absolute Gasteiger partial charge is 0.343 e. The van der Waals surface area contributed by atoms with Gasteiger partial charge in [0.25, 0.3) is 5.91 Å². The lowest BCUT2D eigenvalue weighted by atomic mass is 10.2. The van der Waals surface area contributed by atoms with Crippen LogP contribution in [-0.2, 0) is 6.18 Å². The fraction of sp³-hybridized carbons (Fsp3) is 0.0714. The number of imidazole rings is 1. The summed E-state index contributed by atoms with van der Waals surface area (Å²) < 4.78 is 37.4. The molecule has 2 aromatic heterocycles. The lowest BCUT2D eigenvalue weighted by Crippen LogP contribution is -2.13. The van der Waals surface area contributed by atoms with Crippen LogP contribution in [-0.4, -0.2) is 20.9 Å². The summed E-state index contributed by atoms with van der Waals surface area (Å²) in [5.74, 6) is -0.462. The zero-order chi connectivity index (χ0) is 15.7. The number of carbonyl (C=O) groups excluding carboxylic acids is 1. The van der Waals surface area contributed by atoms with Crippen molar-refractivity contribution in [2.45, 2.75) is 6.18 Å². The van der Waals surface area contributed by atoms with Gasteiger partial charge in [0.2, 0.25) is 0 Å². The molecule has 5 nitrogen and oxygen atoms in total. The molecule has 0 atom stereocenters. The number of benzene rings is 1. The van der Waals surface area contributed by atoms with Gasteiger partial charge in [-0.05, 0) is 30.3 Å². The Morgan fingerprint density at radius 3 is 2.50 bits per heavy atom. The number of halogens is 3. The Hall–Kier alpha value is -2.90. The molecule has 0 spiro atoms. The molecule has 0 bridgehead atoms. The first-order valence-corrected chi connectivity index (χ1v) is 6.22. The van der Waals surface area contributed by atoms with Crippen LogP contribution < -0.4 is 5.32 Å². The van der Waals surface area contributed by atoms with Gasteiger partial charge < -0.3 is 10.3 Å². The molecule has 0 radical (unpaired) electrons. The molecule has 0 aliphatic carbocycles. The van der Waals surface area contributed by atoms with Crippen LogP contribution in [0.3, 0.4) is 0 Å². The number of hydrogen-bond donors (Lipinski definition) is 2. The molecule has 0 saturated carbocycles. The summed E-state index contributed by atoms with van der Waals surface area (Å²) >= 11 is 0. The van der Waals surface area contributed by atoms with E-state index in [1.807, 2.05) is 0 Å². The average Bonchev–Trinajstić information content (AvgIpc) is 2.95. The van der Waals surface area contributed by atoms with E-state index in [1.54, 1.807) is 0 Å². The highest BCUT2D eigenvalue weighted by atomic mass is 19.4. The Morgan fingerprint density at radius 1 is 1.09 bits per heavy atom. The molecular formula is C14H9F3N4O. The summed E-state index contributed by atoms with van der Waals surface area (Å²) in [5, 5.41) is 2.54. The van der Waals surface area contributed by atoms with Crippen LogP contribution in [0.1, 0.15) is 15.9 Å². The van der Waals surface area contributed by atoms with Crippen molar-refractivity contribution >= 4 is 22.8 Å². The Kier molecular flexibility index (Phi) is 3.28. The standard InChI is InChI=1S/C14H9F3N4O/c15-14(16,17)8-1-3-9(4-2-8)21-13(22)10-5-6-18-12-11(10)19-7-20-12/h1-7H,(H,21,22)(H,18,19,20). The molecule has 2 N–H and O–H groups in total. The first kappa shape index (κ1) is 14.1. The number of alkyl halides is 3. The maximum atomic E-state index is 12.5. The van der Waals surface area contributed by atoms with Gasteiger partial charge in [-0.3, -0.25) is 4.79 Å². The third-order valence-electron chi connectivity index (χ3n) is 3.04.